The van der Waals surface area contributed by atoms with Crippen molar-refractivity contribution in [2.45, 2.75) is 13.5 Å². The molecule has 5 nitrogen and oxygen atoms in total. The molecule has 0 saturated carbocycles. The lowest BCUT2D eigenvalue weighted by atomic mass is 10.2. The molecule has 5 N–H and O–H groups in total. The summed E-state index contributed by atoms with van der Waals surface area (Å²) in [6.07, 6.45) is 0. The first-order chi connectivity index (χ1) is 7.00. The third kappa shape index (κ3) is 3.25. The van der Waals surface area contributed by atoms with E-state index in [4.69, 9.17) is 16.9 Å². The number of hydrogen-bond donors (Lipinski definition) is 3. The number of nitrogens with two attached hydrogens (primary N) is 2. The molecule has 0 aliphatic heterocycles. The van der Waals surface area contributed by atoms with E-state index in [1.165, 1.54) is 11.1 Å². The van der Waals surface area contributed by atoms with Gasteiger partial charge in [0.05, 0.1) is 0 Å². The third-order valence-electron chi connectivity index (χ3n) is 1.97. The summed E-state index contributed by atoms with van der Waals surface area (Å²) in [6.45, 7) is 2.69. The van der Waals surface area contributed by atoms with Gasteiger partial charge in [-0.1, -0.05) is 0 Å². The van der Waals surface area contributed by atoms with Gasteiger partial charge in [-0.3, -0.25) is 5.41 Å². The van der Waals surface area contributed by atoms with Crippen LogP contribution in [0.15, 0.2) is 15.8 Å². The van der Waals surface area contributed by atoms with E-state index >= 15 is 0 Å². The van der Waals surface area contributed by atoms with Crippen molar-refractivity contribution in [1.82, 2.24) is 4.90 Å². The number of guanidine groups is 2. The van der Waals surface area contributed by atoms with Gasteiger partial charge < -0.3 is 16.4 Å². The molecule has 0 bridgehead atoms. The van der Waals surface area contributed by atoms with Crippen LogP contribution in [0.4, 0.5) is 0 Å². The molecule has 1 heterocycles. The zero-order chi connectivity index (χ0) is 11.4. The summed E-state index contributed by atoms with van der Waals surface area (Å²) in [5, 5.41) is 11.7. The number of nitrogens with one attached hydrogen (secondary N) is 1. The smallest absolute Gasteiger partial charge is 0.221 e. The highest BCUT2D eigenvalue weighted by atomic mass is 32.1. The lowest BCUT2D eigenvalue weighted by molar-refractivity contribution is 0.491. The van der Waals surface area contributed by atoms with Crippen LogP contribution in [0, 0.1) is 12.3 Å². The fourth-order valence-electron chi connectivity index (χ4n) is 1.09. The molecule has 0 spiro atoms. The molecule has 0 saturated heterocycles. The van der Waals surface area contributed by atoms with Gasteiger partial charge in [0.25, 0.3) is 0 Å². The molecular weight excluding hydrogens is 210 g/mol. The second kappa shape index (κ2) is 4.79. The zero-order valence-electron chi connectivity index (χ0n) is 8.82. The minimum Gasteiger partial charge on any atom is -0.370 e. The van der Waals surface area contributed by atoms with Crippen LogP contribution in [-0.4, -0.2) is 23.9 Å². The number of aryl methyl sites for hydroxylation is 1. The van der Waals surface area contributed by atoms with Gasteiger partial charge in [-0.25, -0.2) is 0 Å². The molecule has 0 aliphatic rings. The van der Waals surface area contributed by atoms with E-state index in [0.717, 1.165) is 0 Å². The Kier molecular flexibility index (Phi) is 3.68. The minimum atomic E-state index is -0.0890. The molecule has 1 rings (SSSR count). The van der Waals surface area contributed by atoms with Crippen LogP contribution in [0.1, 0.15) is 11.1 Å². The van der Waals surface area contributed by atoms with Gasteiger partial charge in [0, 0.05) is 13.6 Å². The van der Waals surface area contributed by atoms with Crippen molar-refractivity contribution in [3.8, 4) is 0 Å². The Bertz CT molecular complexity index is 378. The van der Waals surface area contributed by atoms with Crippen molar-refractivity contribution >= 4 is 23.3 Å². The highest BCUT2D eigenvalue weighted by Crippen LogP contribution is 2.15. The fraction of sp³-hybridized carbons (Fsp3) is 0.333. The number of nitrogens with zero attached hydrogens (tertiary/aromatic N) is 2. The normalized spacial score (nSPS) is 9.73. The van der Waals surface area contributed by atoms with Gasteiger partial charge in [0.2, 0.25) is 5.96 Å². The summed E-state index contributed by atoms with van der Waals surface area (Å²) in [7, 11) is 1.78. The lowest BCUT2D eigenvalue weighted by Gasteiger charge is -2.16. The molecular formula is C9H15N5S. The maximum atomic E-state index is 7.58. The van der Waals surface area contributed by atoms with Crippen LogP contribution in [-0.2, 0) is 6.54 Å². The van der Waals surface area contributed by atoms with Crippen molar-refractivity contribution < 1.29 is 0 Å². The average Bonchev–Trinajstić information content (AvgIpc) is 2.50. The lowest BCUT2D eigenvalue weighted by Crippen LogP contribution is -2.30. The summed E-state index contributed by atoms with van der Waals surface area (Å²) in [6, 6.07) is 0. The van der Waals surface area contributed by atoms with Gasteiger partial charge >= 0.3 is 0 Å². The highest BCUT2D eigenvalue weighted by Gasteiger charge is 2.06. The van der Waals surface area contributed by atoms with E-state index in [1.54, 1.807) is 23.3 Å². The predicted molar refractivity (Wildman–Crippen MR) is 64.1 cm³/mol. The molecule has 82 valence electrons. The Morgan fingerprint density at radius 1 is 1.53 bits per heavy atom. The molecule has 1 aromatic heterocycles. The largest absolute Gasteiger partial charge is 0.370 e. The molecule has 0 unspecified atom stereocenters. The standard InChI is InChI=1S/C9H15N5S/c1-6-4-15-5-7(6)3-14(2)9(12)13-8(10)11/h4-5H,3H2,1-2H3,(H5,10,11,12,13). The fourth-order valence-corrected chi connectivity index (χ4v) is 1.94. The maximum Gasteiger partial charge on any atom is 0.221 e. The molecule has 0 amide bonds. The van der Waals surface area contributed by atoms with Crippen molar-refractivity contribution in [3.63, 3.8) is 0 Å². The van der Waals surface area contributed by atoms with Crippen LogP contribution >= 0.6 is 11.3 Å². The molecule has 0 radical (unpaired) electrons. The van der Waals surface area contributed by atoms with Gasteiger partial charge in [-0.15, -0.1) is 0 Å². The molecule has 0 atom stereocenters. The molecule has 0 aromatic carbocycles. The number of thiophene rings is 1. The summed E-state index contributed by atoms with van der Waals surface area (Å²) < 4.78 is 0. The zero-order valence-corrected chi connectivity index (χ0v) is 9.64. The molecule has 0 aliphatic carbocycles. The summed E-state index contributed by atoms with van der Waals surface area (Å²) in [5.41, 5.74) is 12.8. The first kappa shape index (κ1) is 11.5. The number of aliphatic imine (C=N–C) groups is 1. The molecule has 15 heavy (non-hydrogen) atoms. The first-order valence-corrected chi connectivity index (χ1v) is 5.36. The Morgan fingerprint density at radius 2 is 2.20 bits per heavy atom. The average molecular weight is 225 g/mol. The van der Waals surface area contributed by atoms with Crippen molar-refractivity contribution in [3.05, 3.63) is 21.9 Å². The number of hydrogen-bond acceptors (Lipinski definition) is 2. The van der Waals surface area contributed by atoms with Gasteiger partial charge in [0.1, 0.15) is 0 Å². The first-order valence-electron chi connectivity index (χ1n) is 4.41. The second-order valence-electron chi connectivity index (χ2n) is 3.30. The van der Waals surface area contributed by atoms with Crippen LogP contribution in [0.2, 0.25) is 0 Å². The summed E-state index contributed by atoms with van der Waals surface area (Å²) in [5.74, 6) is -0.0190. The van der Waals surface area contributed by atoms with Crippen LogP contribution in [0.25, 0.3) is 0 Å². The Balaban J connectivity index is 2.64. The van der Waals surface area contributed by atoms with Gasteiger partial charge in [-0.05, 0) is 28.8 Å². The molecule has 6 heteroatoms. The van der Waals surface area contributed by atoms with E-state index in [2.05, 4.69) is 15.8 Å². The highest BCUT2D eigenvalue weighted by molar-refractivity contribution is 7.08. The van der Waals surface area contributed by atoms with E-state index in [0.29, 0.717) is 6.54 Å². The molecule has 1 aromatic rings. The van der Waals surface area contributed by atoms with Gasteiger partial charge in [-0.2, -0.15) is 16.3 Å². The van der Waals surface area contributed by atoms with E-state index in [1.807, 2.05) is 6.92 Å². The Hall–Kier alpha value is -1.56. The maximum absolute atomic E-state index is 7.58. The quantitative estimate of drug-likeness (QED) is 0.511. The van der Waals surface area contributed by atoms with E-state index in [9.17, 15) is 0 Å². The third-order valence-corrected chi connectivity index (χ3v) is 2.88. The Morgan fingerprint density at radius 3 is 2.67 bits per heavy atom. The van der Waals surface area contributed by atoms with Crippen LogP contribution in [0.5, 0.6) is 0 Å². The molecule has 0 fully saturated rings. The van der Waals surface area contributed by atoms with E-state index in [-0.39, 0.29) is 11.9 Å². The van der Waals surface area contributed by atoms with Crippen molar-refractivity contribution in [2.24, 2.45) is 16.5 Å². The summed E-state index contributed by atoms with van der Waals surface area (Å²) in [4.78, 5) is 5.36. The van der Waals surface area contributed by atoms with Gasteiger partial charge in [0.15, 0.2) is 5.96 Å². The SMILES string of the molecule is Cc1cscc1CN(C)C(=N)N=C(N)N. The van der Waals surface area contributed by atoms with Crippen LogP contribution in [0.3, 0.4) is 0 Å². The van der Waals surface area contributed by atoms with Crippen LogP contribution < -0.4 is 11.5 Å². The van der Waals surface area contributed by atoms with E-state index < -0.39 is 0 Å². The predicted octanol–water partition coefficient (Wildman–Crippen LogP) is 0.696. The monoisotopic (exact) mass is 225 g/mol. The summed E-state index contributed by atoms with van der Waals surface area (Å²) >= 11 is 1.65. The minimum absolute atomic E-state index is 0.0700. The topological polar surface area (TPSA) is 91.5 Å². The van der Waals surface area contributed by atoms with Crippen molar-refractivity contribution in [2.75, 3.05) is 7.05 Å². The Labute approximate surface area is 92.9 Å². The van der Waals surface area contributed by atoms with Crippen molar-refractivity contribution in [1.29, 1.82) is 5.41 Å². The number of rotatable bonds is 2. The second-order valence-corrected chi connectivity index (χ2v) is 4.04.